The molecule has 0 unspecified atom stereocenters. The van der Waals surface area contributed by atoms with Crippen LogP contribution in [0.4, 0.5) is 8.78 Å². The molecule has 0 aliphatic heterocycles. The highest BCUT2D eigenvalue weighted by molar-refractivity contribution is 9.10. The second-order valence-electron chi connectivity index (χ2n) is 3.70. The second kappa shape index (κ2) is 4.47. The van der Waals surface area contributed by atoms with Crippen LogP contribution >= 0.6 is 15.9 Å². The lowest BCUT2D eigenvalue weighted by Gasteiger charge is -2.14. The highest BCUT2D eigenvalue weighted by Crippen LogP contribution is 2.32. The monoisotopic (exact) mass is 276 g/mol. The summed E-state index contributed by atoms with van der Waals surface area (Å²) in [6.07, 6.45) is 4.42. The standard InChI is InChI=1S/C11H11BrF2O/c12-10-9(6-5-8(13)11(10)14)15-7-3-1-2-4-7/h5-7H,1-4H2. The van der Waals surface area contributed by atoms with Gasteiger partial charge in [0.1, 0.15) is 5.75 Å². The Morgan fingerprint density at radius 3 is 2.53 bits per heavy atom. The Hall–Kier alpha value is -0.640. The third-order valence-corrected chi connectivity index (χ3v) is 3.33. The van der Waals surface area contributed by atoms with Crippen molar-refractivity contribution >= 4 is 15.9 Å². The molecule has 0 radical (unpaired) electrons. The van der Waals surface area contributed by atoms with Crippen molar-refractivity contribution in [3.05, 3.63) is 28.2 Å². The molecule has 0 amide bonds. The Balaban J connectivity index is 2.17. The summed E-state index contributed by atoms with van der Waals surface area (Å²) in [4.78, 5) is 0. The molecule has 1 aromatic carbocycles. The fraction of sp³-hybridized carbons (Fsp3) is 0.455. The summed E-state index contributed by atoms with van der Waals surface area (Å²) in [6.45, 7) is 0. The quantitative estimate of drug-likeness (QED) is 0.741. The van der Waals surface area contributed by atoms with Crippen LogP contribution in [-0.2, 0) is 0 Å². The molecule has 0 atom stereocenters. The number of hydrogen-bond acceptors (Lipinski definition) is 1. The van der Waals surface area contributed by atoms with E-state index >= 15 is 0 Å². The van der Waals surface area contributed by atoms with Gasteiger partial charge in [-0.15, -0.1) is 0 Å². The fourth-order valence-corrected chi connectivity index (χ4v) is 2.20. The van der Waals surface area contributed by atoms with Crippen molar-refractivity contribution in [2.75, 3.05) is 0 Å². The zero-order valence-electron chi connectivity index (χ0n) is 8.10. The molecule has 4 heteroatoms. The van der Waals surface area contributed by atoms with Crippen molar-refractivity contribution < 1.29 is 13.5 Å². The SMILES string of the molecule is Fc1ccc(OC2CCCC2)c(Br)c1F. The van der Waals surface area contributed by atoms with Gasteiger partial charge in [0.15, 0.2) is 11.6 Å². The molecule has 0 spiro atoms. The van der Waals surface area contributed by atoms with Crippen molar-refractivity contribution in [3.8, 4) is 5.75 Å². The molecule has 1 saturated carbocycles. The highest BCUT2D eigenvalue weighted by Gasteiger charge is 2.19. The van der Waals surface area contributed by atoms with Crippen LogP contribution in [0.2, 0.25) is 0 Å². The molecule has 1 fully saturated rings. The maximum Gasteiger partial charge on any atom is 0.176 e. The van der Waals surface area contributed by atoms with Crippen LogP contribution < -0.4 is 4.74 Å². The van der Waals surface area contributed by atoms with Gasteiger partial charge in [-0.1, -0.05) is 0 Å². The van der Waals surface area contributed by atoms with Gasteiger partial charge in [-0.3, -0.25) is 0 Å². The number of rotatable bonds is 2. The Bertz CT molecular complexity index is 362. The van der Waals surface area contributed by atoms with Gasteiger partial charge in [0.25, 0.3) is 0 Å². The topological polar surface area (TPSA) is 9.23 Å². The Labute approximate surface area is 95.6 Å². The van der Waals surface area contributed by atoms with Gasteiger partial charge in [-0.05, 0) is 53.7 Å². The molecular formula is C11H11BrF2O. The molecule has 1 aromatic rings. The predicted molar refractivity (Wildman–Crippen MR) is 56.9 cm³/mol. The van der Waals surface area contributed by atoms with E-state index in [2.05, 4.69) is 15.9 Å². The lowest BCUT2D eigenvalue weighted by Crippen LogP contribution is -2.11. The first kappa shape index (κ1) is 10.9. The van der Waals surface area contributed by atoms with E-state index in [1.165, 1.54) is 6.07 Å². The van der Waals surface area contributed by atoms with Crippen molar-refractivity contribution in [1.29, 1.82) is 0 Å². The van der Waals surface area contributed by atoms with Crippen LogP contribution in [0.1, 0.15) is 25.7 Å². The van der Waals surface area contributed by atoms with Gasteiger partial charge >= 0.3 is 0 Å². The largest absolute Gasteiger partial charge is 0.489 e. The van der Waals surface area contributed by atoms with E-state index in [0.29, 0.717) is 5.75 Å². The van der Waals surface area contributed by atoms with Gasteiger partial charge in [0, 0.05) is 0 Å². The average Bonchev–Trinajstić information content (AvgIpc) is 2.72. The molecular weight excluding hydrogens is 266 g/mol. The summed E-state index contributed by atoms with van der Waals surface area (Å²) in [5.74, 6) is -1.35. The molecule has 1 nitrogen and oxygen atoms in total. The van der Waals surface area contributed by atoms with Crippen LogP contribution in [0.5, 0.6) is 5.75 Å². The molecule has 1 aliphatic rings. The van der Waals surface area contributed by atoms with Gasteiger partial charge in [0.05, 0.1) is 10.6 Å². The second-order valence-corrected chi connectivity index (χ2v) is 4.49. The zero-order chi connectivity index (χ0) is 10.8. The summed E-state index contributed by atoms with van der Waals surface area (Å²) in [5.41, 5.74) is 0. The molecule has 0 N–H and O–H groups in total. The van der Waals surface area contributed by atoms with E-state index in [9.17, 15) is 8.78 Å². The van der Waals surface area contributed by atoms with Gasteiger partial charge in [-0.2, -0.15) is 0 Å². The lowest BCUT2D eigenvalue weighted by molar-refractivity contribution is 0.207. The van der Waals surface area contributed by atoms with E-state index in [1.54, 1.807) is 0 Å². The summed E-state index contributed by atoms with van der Waals surface area (Å²) < 4.78 is 31.6. The Morgan fingerprint density at radius 1 is 1.20 bits per heavy atom. The van der Waals surface area contributed by atoms with Gasteiger partial charge in [-0.25, -0.2) is 8.78 Å². The first-order valence-electron chi connectivity index (χ1n) is 4.98. The van der Waals surface area contributed by atoms with Crippen LogP contribution in [0.25, 0.3) is 0 Å². The van der Waals surface area contributed by atoms with Crippen LogP contribution in [0, 0.1) is 11.6 Å². The van der Waals surface area contributed by atoms with Crippen LogP contribution in [0.15, 0.2) is 16.6 Å². The van der Waals surface area contributed by atoms with Gasteiger partial charge < -0.3 is 4.74 Å². The molecule has 0 heterocycles. The minimum atomic E-state index is -0.884. The molecule has 0 saturated heterocycles. The predicted octanol–water partition coefficient (Wildman–Crippen LogP) is 4.05. The van der Waals surface area contributed by atoms with Crippen molar-refractivity contribution in [2.45, 2.75) is 31.8 Å². The van der Waals surface area contributed by atoms with Crippen molar-refractivity contribution in [3.63, 3.8) is 0 Å². The van der Waals surface area contributed by atoms with E-state index in [1.807, 2.05) is 0 Å². The minimum Gasteiger partial charge on any atom is -0.489 e. The average molecular weight is 277 g/mol. The number of ether oxygens (including phenoxy) is 1. The molecule has 1 aliphatic carbocycles. The number of halogens is 3. The third-order valence-electron chi connectivity index (χ3n) is 2.60. The third kappa shape index (κ3) is 2.30. The number of benzene rings is 1. The number of hydrogen-bond donors (Lipinski definition) is 0. The summed E-state index contributed by atoms with van der Waals surface area (Å²) in [5, 5.41) is 0. The maximum absolute atomic E-state index is 13.2. The molecule has 15 heavy (non-hydrogen) atoms. The van der Waals surface area contributed by atoms with Crippen molar-refractivity contribution in [2.24, 2.45) is 0 Å². The molecule has 82 valence electrons. The summed E-state index contributed by atoms with van der Waals surface area (Å²) in [6, 6.07) is 2.55. The van der Waals surface area contributed by atoms with Gasteiger partial charge in [0.2, 0.25) is 0 Å². The Kier molecular flexibility index (Phi) is 3.24. The summed E-state index contributed by atoms with van der Waals surface area (Å²) >= 11 is 3.00. The Morgan fingerprint density at radius 2 is 1.87 bits per heavy atom. The summed E-state index contributed by atoms with van der Waals surface area (Å²) in [7, 11) is 0. The minimum absolute atomic E-state index is 0.0781. The normalized spacial score (nSPS) is 17.0. The lowest BCUT2D eigenvalue weighted by atomic mass is 10.3. The van der Waals surface area contributed by atoms with E-state index in [4.69, 9.17) is 4.74 Å². The smallest absolute Gasteiger partial charge is 0.176 e. The van der Waals surface area contributed by atoms with Crippen LogP contribution in [-0.4, -0.2) is 6.10 Å². The highest BCUT2D eigenvalue weighted by atomic mass is 79.9. The van der Waals surface area contributed by atoms with E-state index in [-0.39, 0.29) is 10.6 Å². The van der Waals surface area contributed by atoms with Crippen LogP contribution in [0.3, 0.4) is 0 Å². The zero-order valence-corrected chi connectivity index (χ0v) is 9.69. The first-order valence-corrected chi connectivity index (χ1v) is 5.78. The first-order chi connectivity index (χ1) is 7.18. The molecule has 0 aromatic heterocycles. The van der Waals surface area contributed by atoms with E-state index < -0.39 is 11.6 Å². The van der Waals surface area contributed by atoms with E-state index in [0.717, 1.165) is 31.7 Å². The van der Waals surface area contributed by atoms with Crippen molar-refractivity contribution in [1.82, 2.24) is 0 Å². The molecule has 0 bridgehead atoms. The maximum atomic E-state index is 13.2. The fourth-order valence-electron chi connectivity index (χ4n) is 1.78. The molecule has 2 rings (SSSR count).